The molecule has 1 aliphatic rings. The van der Waals surface area contributed by atoms with E-state index in [4.69, 9.17) is 4.42 Å². The number of rotatable bonds is 9. The predicted molar refractivity (Wildman–Crippen MR) is 168 cm³/mol. The molecule has 1 saturated heterocycles. The van der Waals surface area contributed by atoms with Crippen LogP contribution in [0.4, 0.5) is 13.2 Å². The van der Waals surface area contributed by atoms with Crippen LogP contribution in [0.5, 0.6) is 0 Å². The lowest BCUT2D eigenvalue weighted by molar-refractivity contribution is -0.119. The van der Waals surface area contributed by atoms with Gasteiger partial charge in [-0.15, -0.1) is 0 Å². The van der Waals surface area contributed by atoms with E-state index in [1.54, 1.807) is 30.5 Å². The van der Waals surface area contributed by atoms with Crippen LogP contribution in [0.2, 0.25) is 0 Å². The van der Waals surface area contributed by atoms with E-state index in [-0.39, 0.29) is 43.4 Å². The first-order valence-corrected chi connectivity index (χ1v) is 15.2. The number of pyridine rings is 1. The number of amides is 1. The number of aryl methyl sites for hydroxylation is 3. The Morgan fingerprint density at radius 1 is 0.844 bits per heavy atom. The third-order valence-corrected chi connectivity index (χ3v) is 8.39. The molecule has 0 aliphatic carbocycles. The Bertz CT molecular complexity index is 1820. The molecule has 3 aromatic carbocycles. The Labute approximate surface area is 259 Å². The molecule has 0 N–H and O–H groups in total. The summed E-state index contributed by atoms with van der Waals surface area (Å²) >= 11 is 0. The number of carbonyl (C=O) groups is 2. The summed E-state index contributed by atoms with van der Waals surface area (Å²) < 4.78 is 47.2. The molecule has 0 bridgehead atoms. The number of likely N-dealkylation sites (tertiary alicyclic amines) is 1. The van der Waals surface area contributed by atoms with Crippen molar-refractivity contribution in [2.75, 3.05) is 13.1 Å². The summed E-state index contributed by atoms with van der Waals surface area (Å²) in [6, 6.07) is 23.1. The van der Waals surface area contributed by atoms with Crippen molar-refractivity contribution in [3.63, 3.8) is 0 Å². The number of Topliss-reactive ketones (excluding diaryl/α,β-unsaturated/α-hetero) is 1. The van der Waals surface area contributed by atoms with Crippen LogP contribution in [-0.4, -0.2) is 40.6 Å². The average molecular weight is 611 g/mol. The number of hydrogen-bond acceptors (Lipinski definition) is 4. The molecular formula is C37H33F3N2O3. The van der Waals surface area contributed by atoms with Crippen molar-refractivity contribution in [3.05, 3.63) is 113 Å². The number of aromatic nitrogens is 1. The van der Waals surface area contributed by atoms with Gasteiger partial charge in [-0.05, 0) is 84.1 Å². The number of halogens is 3. The molecule has 6 rings (SSSR count). The summed E-state index contributed by atoms with van der Waals surface area (Å²) in [5.41, 5.74) is 6.34. The normalized spacial score (nSPS) is 14.5. The molecule has 0 saturated carbocycles. The summed E-state index contributed by atoms with van der Waals surface area (Å²) in [5, 5.41) is 0.842. The van der Waals surface area contributed by atoms with E-state index in [9.17, 15) is 22.8 Å². The molecular weight excluding hydrogens is 577 g/mol. The largest absolute Gasteiger partial charge is 0.460 e. The molecule has 5 aromatic rings. The monoisotopic (exact) mass is 610 g/mol. The van der Waals surface area contributed by atoms with Gasteiger partial charge in [0.25, 0.3) is 11.8 Å². The van der Waals surface area contributed by atoms with Gasteiger partial charge in [-0.25, -0.2) is 13.2 Å². The molecule has 0 spiro atoms. The summed E-state index contributed by atoms with van der Waals surface area (Å²) in [7, 11) is 0. The number of hydrogen-bond donors (Lipinski definition) is 0. The number of benzene rings is 3. The Kier molecular flexibility index (Phi) is 8.57. The molecule has 3 heterocycles. The Morgan fingerprint density at radius 3 is 2.22 bits per heavy atom. The topological polar surface area (TPSA) is 63.4 Å². The number of nitrogens with zero attached hydrogens (tertiary/aromatic N) is 2. The molecule has 5 nitrogen and oxygen atoms in total. The van der Waals surface area contributed by atoms with Crippen molar-refractivity contribution in [1.29, 1.82) is 0 Å². The van der Waals surface area contributed by atoms with Crippen LogP contribution in [0, 0.1) is 12.7 Å². The fourth-order valence-corrected chi connectivity index (χ4v) is 5.68. The third-order valence-electron chi connectivity index (χ3n) is 8.39. The lowest BCUT2D eigenvalue weighted by Gasteiger charge is -2.31. The van der Waals surface area contributed by atoms with Crippen molar-refractivity contribution in [1.82, 2.24) is 9.88 Å². The average Bonchev–Trinajstić information content (AvgIpc) is 3.46. The maximum Gasteiger partial charge on any atom is 0.253 e. The molecule has 1 aliphatic heterocycles. The second-order valence-electron chi connectivity index (χ2n) is 11.7. The van der Waals surface area contributed by atoms with Crippen LogP contribution in [0.25, 0.3) is 33.2 Å². The Morgan fingerprint density at radius 2 is 1.53 bits per heavy atom. The summed E-state index contributed by atoms with van der Waals surface area (Å²) in [5.74, 6) is -2.50. The van der Waals surface area contributed by atoms with E-state index in [0.717, 1.165) is 38.9 Å². The maximum atomic E-state index is 13.8. The Balaban J connectivity index is 1.22. The van der Waals surface area contributed by atoms with Crippen LogP contribution in [0.15, 0.2) is 89.5 Å². The molecule has 45 heavy (non-hydrogen) atoms. The van der Waals surface area contributed by atoms with E-state index in [1.807, 2.05) is 49.4 Å². The minimum absolute atomic E-state index is 0.0317. The van der Waals surface area contributed by atoms with Gasteiger partial charge in [0.1, 0.15) is 22.9 Å². The summed E-state index contributed by atoms with van der Waals surface area (Å²) in [6.07, 6.45) is 3.03. The van der Waals surface area contributed by atoms with Crippen LogP contribution in [0.1, 0.15) is 53.1 Å². The molecule has 1 amide bonds. The Hall–Kier alpha value is -4.72. The summed E-state index contributed by atoms with van der Waals surface area (Å²) in [4.78, 5) is 31.4. The molecule has 1 fully saturated rings. The highest BCUT2D eigenvalue weighted by Gasteiger charge is 2.35. The van der Waals surface area contributed by atoms with Crippen molar-refractivity contribution in [2.24, 2.45) is 0 Å². The molecule has 230 valence electrons. The van der Waals surface area contributed by atoms with Gasteiger partial charge in [-0.3, -0.25) is 14.6 Å². The SMILES string of the molecule is Cc1ccc(CCC(=O)CCc2cc3cc(-c4ccc(C(=O)N5CCC(F)(F)CC5)cc4)cc(-c4ccc(F)cc4)c3o2)cn1. The molecule has 0 unspecified atom stereocenters. The predicted octanol–water partition coefficient (Wildman–Crippen LogP) is 8.62. The first-order valence-electron chi connectivity index (χ1n) is 15.2. The molecule has 8 heteroatoms. The lowest BCUT2D eigenvalue weighted by atomic mass is 9.96. The van der Waals surface area contributed by atoms with Crippen LogP contribution in [-0.2, 0) is 17.6 Å². The number of furan rings is 1. The molecule has 0 radical (unpaired) electrons. The zero-order valence-corrected chi connectivity index (χ0v) is 25.0. The fraction of sp³-hybridized carbons (Fsp3) is 0.270. The van der Waals surface area contributed by atoms with Gasteiger partial charge in [-0.1, -0.05) is 30.3 Å². The zero-order valence-electron chi connectivity index (χ0n) is 25.0. The second-order valence-corrected chi connectivity index (χ2v) is 11.7. The minimum atomic E-state index is -2.72. The van der Waals surface area contributed by atoms with Gasteiger partial charge < -0.3 is 9.32 Å². The van der Waals surface area contributed by atoms with Gasteiger partial charge in [0, 0.05) is 73.6 Å². The van der Waals surface area contributed by atoms with E-state index < -0.39 is 5.92 Å². The second kappa shape index (κ2) is 12.7. The van der Waals surface area contributed by atoms with Crippen molar-refractivity contribution < 1.29 is 27.2 Å². The third kappa shape index (κ3) is 7.17. The fourth-order valence-electron chi connectivity index (χ4n) is 5.68. The number of ketones is 1. The smallest absolute Gasteiger partial charge is 0.253 e. The quantitative estimate of drug-likeness (QED) is 0.168. The maximum absolute atomic E-state index is 13.8. The lowest BCUT2D eigenvalue weighted by Crippen LogP contribution is -2.42. The molecule has 2 aromatic heterocycles. The number of carbonyl (C=O) groups excluding carboxylic acids is 2. The van der Waals surface area contributed by atoms with E-state index in [2.05, 4.69) is 4.98 Å². The first kappa shape index (κ1) is 30.3. The van der Waals surface area contributed by atoms with Gasteiger partial charge in [0.05, 0.1) is 0 Å². The highest BCUT2D eigenvalue weighted by Crippen LogP contribution is 2.37. The van der Waals surface area contributed by atoms with Gasteiger partial charge in [0.15, 0.2) is 0 Å². The van der Waals surface area contributed by atoms with E-state index >= 15 is 0 Å². The van der Waals surface area contributed by atoms with Crippen molar-refractivity contribution in [2.45, 2.75) is 51.4 Å². The van der Waals surface area contributed by atoms with Gasteiger partial charge in [0.2, 0.25) is 0 Å². The number of alkyl halides is 2. The zero-order chi connectivity index (χ0) is 31.6. The van der Waals surface area contributed by atoms with Crippen LogP contribution >= 0.6 is 0 Å². The van der Waals surface area contributed by atoms with Gasteiger partial charge >= 0.3 is 0 Å². The number of piperidine rings is 1. The highest BCUT2D eigenvalue weighted by atomic mass is 19.3. The van der Waals surface area contributed by atoms with Gasteiger partial charge in [-0.2, -0.15) is 0 Å². The minimum Gasteiger partial charge on any atom is -0.460 e. The summed E-state index contributed by atoms with van der Waals surface area (Å²) in [6.45, 7) is 1.99. The first-order chi connectivity index (χ1) is 21.6. The van der Waals surface area contributed by atoms with Crippen LogP contribution in [0.3, 0.4) is 0 Å². The number of fused-ring (bicyclic) bond motifs is 1. The highest BCUT2D eigenvalue weighted by molar-refractivity contribution is 5.98. The van der Waals surface area contributed by atoms with Crippen LogP contribution < -0.4 is 0 Å². The van der Waals surface area contributed by atoms with E-state index in [0.29, 0.717) is 42.6 Å². The standard InChI is InChI=1S/C37H33F3N2O3/c1-24-2-3-25(23-41-24)4-13-32(43)14-15-33-21-30-20-29(22-34(35(30)45-33)27-9-11-31(38)12-10-27)26-5-7-28(8-6-26)36(44)42-18-16-37(39,40)17-19-42/h2-3,5-12,20-23H,4,13-19H2,1H3. The van der Waals surface area contributed by atoms with E-state index in [1.165, 1.54) is 17.0 Å². The van der Waals surface area contributed by atoms with Crippen molar-refractivity contribution >= 4 is 22.7 Å². The molecule has 0 atom stereocenters. The van der Waals surface area contributed by atoms with Crippen molar-refractivity contribution in [3.8, 4) is 22.3 Å².